The maximum atomic E-state index is 12.7. The van der Waals surface area contributed by atoms with Gasteiger partial charge in [-0.05, 0) is 42.0 Å². The van der Waals surface area contributed by atoms with E-state index in [-0.39, 0.29) is 18.3 Å². The van der Waals surface area contributed by atoms with Crippen LogP contribution in [0.1, 0.15) is 5.56 Å². The van der Waals surface area contributed by atoms with Crippen molar-refractivity contribution in [1.29, 1.82) is 0 Å². The molecule has 1 amide bonds. The fraction of sp³-hybridized carbons (Fsp3) is 0.133. The third-order valence-electron chi connectivity index (χ3n) is 2.59. The van der Waals surface area contributed by atoms with Crippen molar-refractivity contribution in [2.24, 2.45) is 0 Å². The Morgan fingerprint density at radius 2 is 1.75 bits per heavy atom. The first kappa shape index (κ1) is 14.5. The molecule has 0 bridgehead atoms. The van der Waals surface area contributed by atoms with E-state index >= 15 is 0 Å². The molecule has 0 atom stereocenters. The summed E-state index contributed by atoms with van der Waals surface area (Å²) in [6.07, 6.45) is 0. The largest absolute Gasteiger partial charge is 0.484 e. The molecule has 0 heterocycles. The van der Waals surface area contributed by atoms with Gasteiger partial charge in [-0.25, -0.2) is 4.39 Å². The number of ether oxygens (including phenoxy) is 1. The van der Waals surface area contributed by atoms with Crippen molar-refractivity contribution in [2.45, 2.75) is 6.54 Å². The zero-order valence-electron chi connectivity index (χ0n) is 10.6. The summed E-state index contributed by atoms with van der Waals surface area (Å²) in [6.45, 7) is 0.297. The molecular formula is C15H13BrFNO2. The molecule has 1 N–H and O–H groups in total. The molecule has 104 valence electrons. The summed E-state index contributed by atoms with van der Waals surface area (Å²) in [5, 5.41) is 2.70. The van der Waals surface area contributed by atoms with Crippen LogP contribution in [0.3, 0.4) is 0 Å². The van der Waals surface area contributed by atoms with Gasteiger partial charge in [-0.15, -0.1) is 0 Å². The monoisotopic (exact) mass is 337 g/mol. The molecule has 0 aliphatic carbocycles. The van der Waals surface area contributed by atoms with E-state index in [1.54, 1.807) is 24.3 Å². The molecule has 3 nitrogen and oxygen atoms in total. The second-order valence-electron chi connectivity index (χ2n) is 4.15. The first-order valence-electron chi connectivity index (χ1n) is 6.03. The molecule has 0 aromatic heterocycles. The summed E-state index contributed by atoms with van der Waals surface area (Å²) in [4.78, 5) is 11.6. The number of nitrogens with one attached hydrogen (secondary N) is 1. The second kappa shape index (κ2) is 7.05. The van der Waals surface area contributed by atoms with Gasteiger partial charge >= 0.3 is 0 Å². The number of carbonyl (C=O) groups is 1. The molecule has 0 fully saturated rings. The summed E-state index contributed by atoms with van der Waals surface area (Å²) in [7, 11) is 0. The second-order valence-corrected chi connectivity index (χ2v) is 5.06. The first-order valence-corrected chi connectivity index (χ1v) is 6.82. The Morgan fingerprint density at radius 1 is 1.10 bits per heavy atom. The number of benzene rings is 2. The Bertz CT molecular complexity index is 518. The quantitative estimate of drug-likeness (QED) is 0.909. The molecule has 0 saturated carbocycles. The van der Waals surface area contributed by atoms with Crippen LogP contribution in [0.2, 0.25) is 0 Å². The van der Waals surface area contributed by atoms with Crippen LogP contribution < -0.4 is 10.1 Å². The molecular weight excluding hydrogens is 325 g/mol. The molecule has 0 unspecified atom stereocenters. The Labute approximate surface area is 124 Å². The van der Waals surface area contributed by atoms with Gasteiger partial charge in [-0.3, -0.25) is 4.79 Å². The minimum absolute atomic E-state index is 0.0528. The van der Waals surface area contributed by atoms with Crippen molar-refractivity contribution in [1.82, 2.24) is 5.32 Å². The zero-order chi connectivity index (χ0) is 14.4. The summed E-state index contributed by atoms with van der Waals surface area (Å²) in [5.41, 5.74) is 0.836. The van der Waals surface area contributed by atoms with E-state index in [4.69, 9.17) is 4.74 Å². The highest BCUT2D eigenvalue weighted by Crippen LogP contribution is 2.15. The van der Waals surface area contributed by atoms with E-state index in [1.807, 2.05) is 12.1 Å². The van der Waals surface area contributed by atoms with Crippen LogP contribution in [0, 0.1) is 5.82 Å². The predicted molar refractivity (Wildman–Crippen MR) is 77.9 cm³/mol. The topological polar surface area (TPSA) is 38.3 Å². The number of amides is 1. The van der Waals surface area contributed by atoms with Gasteiger partial charge in [0, 0.05) is 11.0 Å². The summed E-state index contributed by atoms with van der Waals surface area (Å²) >= 11 is 3.32. The number of halogens is 2. The molecule has 0 radical (unpaired) electrons. The fourth-order valence-corrected chi connectivity index (χ4v) is 1.80. The summed E-state index contributed by atoms with van der Waals surface area (Å²) in [5.74, 6) is 0.112. The lowest BCUT2D eigenvalue weighted by molar-refractivity contribution is -0.123. The number of hydrogen-bond donors (Lipinski definition) is 1. The Balaban J connectivity index is 1.75. The Kier molecular flexibility index (Phi) is 5.12. The van der Waals surface area contributed by atoms with Crippen LogP contribution in [0.15, 0.2) is 53.0 Å². The van der Waals surface area contributed by atoms with Gasteiger partial charge in [0.2, 0.25) is 0 Å². The number of rotatable bonds is 5. The van der Waals surface area contributed by atoms with Gasteiger partial charge in [0.05, 0.1) is 0 Å². The van der Waals surface area contributed by atoms with E-state index in [0.29, 0.717) is 12.3 Å². The highest BCUT2D eigenvalue weighted by Gasteiger charge is 2.03. The van der Waals surface area contributed by atoms with Gasteiger partial charge < -0.3 is 10.1 Å². The normalized spacial score (nSPS) is 10.1. The smallest absolute Gasteiger partial charge is 0.258 e. The van der Waals surface area contributed by atoms with Crippen molar-refractivity contribution in [3.05, 3.63) is 64.4 Å². The molecule has 0 aliphatic rings. The molecule has 0 saturated heterocycles. The molecule has 2 aromatic rings. The minimum atomic E-state index is -0.293. The molecule has 2 rings (SSSR count). The molecule has 20 heavy (non-hydrogen) atoms. The Hall–Kier alpha value is -1.88. The molecule has 0 spiro atoms. The number of hydrogen-bond acceptors (Lipinski definition) is 2. The predicted octanol–water partition coefficient (Wildman–Crippen LogP) is 3.28. The van der Waals surface area contributed by atoms with E-state index in [1.165, 1.54) is 12.1 Å². The fourth-order valence-electron chi connectivity index (χ4n) is 1.53. The van der Waals surface area contributed by atoms with Gasteiger partial charge in [0.25, 0.3) is 5.91 Å². The van der Waals surface area contributed by atoms with Crippen LogP contribution in [0.5, 0.6) is 5.75 Å². The highest BCUT2D eigenvalue weighted by molar-refractivity contribution is 9.10. The van der Waals surface area contributed by atoms with Crippen molar-refractivity contribution in [2.75, 3.05) is 6.61 Å². The van der Waals surface area contributed by atoms with E-state index < -0.39 is 0 Å². The highest BCUT2D eigenvalue weighted by atomic mass is 79.9. The third kappa shape index (κ3) is 4.66. The lowest BCUT2D eigenvalue weighted by Crippen LogP contribution is -2.28. The first-order chi connectivity index (χ1) is 9.63. The third-order valence-corrected chi connectivity index (χ3v) is 3.12. The molecule has 0 aliphatic heterocycles. The SMILES string of the molecule is O=C(COc1ccc(Br)cc1)NCc1ccc(F)cc1. The summed E-state index contributed by atoms with van der Waals surface area (Å²) < 4.78 is 19.0. The van der Waals surface area contributed by atoms with Gasteiger partial charge in [0.15, 0.2) is 6.61 Å². The maximum absolute atomic E-state index is 12.7. The van der Waals surface area contributed by atoms with Crippen LogP contribution in [0.4, 0.5) is 4.39 Å². The average Bonchev–Trinajstić information content (AvgIpc) is 2.46. The van der Waals surface area contributed by atoms with Crippen molar-refractivity contribution < 1.29 is 13.9 Å². The van der Waals surface area contributed by atoms with Crippen molar-refractivity contribution in [3.8, 4) is 5.75 Å². The zero-order valence-corrected chi connectivity index (χ0v) is 12.2. The van der Waals surface area contributed by atoms with Gasteiger partial charge in [0.1, 0.15) is 11.6 Å². The number of carbonyl (C=O) groups excluding carboxylic acids is 1. The minimum Gasteiger partial charge on any atom is -0.484 e. The molecule has 5 heteroatoms. The van der Waals surface area contributed by atoms with Crippen molar-refractivity contribution >= 4 is 21.8 Å². The van der Waals surface area contributed by atoms with Crippen LogP contribution >= 0.6 is 15.9 Å². The Morgan fingerprint density at radius 3 is 2.40 bits per heavy atom. The van der Waals surface area contributed by atoms with Gasteiger partial charge in [-0.2, -0.15) is 0 Å². The van der Waals surface area contributed by atoms with Gasteiger partial charge in [-0.1, -0.05) is 28.1 Å². The van der Waals surface area contributed by atoms with Crippen LogP contribution in [0.25, 0.3) is 0 Å². The average molecular weight is 338 g/mol. The van der Waals surface area contributed by atoms with Crippen LogP contribution in [-0.4, -0.2) is 12.5 Å². The molecule has 2 aromatic carbocycles. The lowest BCUT2D eigenvalue weighted by Gasteiger charge is -2.07. The van der Waals surface area contributed by atoms with Crippen LogP contribution in [-0.2, 0) is 11.3 Å². The standard InChI is InChI=1S/C15H13BrFNO2/c16-12-3-7-14(8-4-12)20-10-15(19)18-9-11-1-5-13(17)6-2-11/h1-8H,9-10H2,(H,18,19). The maximum Gasteiger partial charge on any atom is 0.258 e. The lowest BCUT2D eigenvalue weighted by atomic mass is 10.2. The van der Waals surface area contributed by atoms with E-state index in [0.717, 1.165) is 10.0 Å². The van der Waals surface area contributed by atoms with E-state index in [2.05, 4.69) is 21.2 Å². The summed E-state index contributed by atoms with van der Waals surface area (Å²) in [6, 6.07) is 13.2. The van der Waals surface area contributed by atoms with Crippen molar-refractivity contribution in [3.63, 3.8) is 0 Å². The van der Waals surface area contributed by atoms with E-state index in [9.17, 15) is 9.18 Å².